The van der Waals surface area contributed by atoms with Crippen LogP contribution >= 0.6 is 0 Å². The van der Waals surface area contributed by atoms with Crippen LogP contribution in [-0.2, 0) is 37.7 Å². The van der Waals surface area contributed by atoms with E-state index in [1.54, 1.807) is 58.0 Å². The largest absolute Gasteiger partial charge is 0.509 e. The van der Waals surface area contributed by atoms with Gasteiger partial charge in [-0.05, 0) is 55.3 Å². The van der Waals surface area contributed by atoms with Gasteiger partial charge in [0.25, 0.3) is 0 Å². The van der Waals surface area contributed by atoms with Crippen molar-refractivity contribution in [3.63, 3.8) is 0 Å². The van der Waals surface area contributed by atoms with Crippen LogP contribution in [0.3, 0.4) is 0 Å². The maximum atomic E-state index is 15.3. The average molecular weight is 701 g/mol. The minimum absolute atomic E-state index is 0.136. The molecule has 2 bridgehead atoms. The molecule has 0 unspecified atom stereocenters. The lowest BCUT2D eigenvalue weighted by Crippen LogP contribution is -2.83. The fourth-order valence-electron chi connectivity index (χ4n) is 9.85. The molecule has 1 aromatic carbocycles. The predicted molar refractivity (Wildman–Crippen MR) is 176 cm³/mol. The zero-order valence-corrected chi connectivity index (χ0v) is 30.4. The Labute approximate surface area is 287 Å². The second kappa shape index (κ2) is 12.0. The number of esters is 2. The molecule has 0 amide bonds. The minimum atomic E-state index is -2.49. The van der Waals surface area contributed by atoms with Crippen LogP contribution < -0.4 is 0 Å². The lowest BCUT2D eigenvalue weighted by atomic mass is 9.44. The van der Waals surface area contributed by atoms with Gasteiger partial charge in [0, 0.05) is 18.8 Å². The Morgan fingerprint density at radius 1 is 1.02 bits per heavy atom. The summed E-state index contributed by atoms with van der Waals surface area (Å²) in [5.74, 6) is -3.39. The Bertz CT molecular complexity index is 1560. The molecule has 1 spiro atoms. The van der Waals surface area contributed by atoms with Crippen LogP contribution in [0.2, 0.25) is 18.1 Å². The van der Waals surface area contributed by atoms with Gasteiger partial charge in [-0.25, -0.2) is 9.59 Å². The van der Waals surface area contributed by atoms with Crippen LogP contribution in [0.15, 0.2) is 41.5 Å². The van der Waals surface area contributed by atoms with Gasteiger partial charge in [0.05, 0.1) is 29.6 Å². The average Bonchev–Trinajstić information content (AvgIpc) is 3.44. The van der Waals surface area contributed by atoms with E-state index in [9.17, 15) is 24.6 Å². The number of ether oxygens (including phenoxy) is 5. The van der Waals surface area contributed by atoms with Crippen molar-refractivity contribution in [2.45, 2.75) is 128 Å². The Morgan fingerprint density at radius 3 is 2.20 bits per heavy atom. The van der Waals surface area contributed by atoms with Crippen molar-refractivity contribution in [2.24, 2.45) is 16.7 Å². The second-order valence-electron chi connectivity index (χ2n) is 15.0. The summed E-state index contributed by atoms with van der Waals surface area (Å²) in [7, 11) is -2.49. The molecular formula is C36H48O12Si. The normalized spacial score (nSPS) is 39.2. The summed E-state index contributed by atoms with van der Waals surface area (Å²) in [4.78, 5) is 55.9. The van der Waals surface area contributed by atoms with E-state index in [1.165, 1.54) is 6.92 Å². The minimum Gasteiger partial charge on any atom is -0.454 e. The summed E-state index contributed by atoms with van der Waals surface area (Å²) in [6.45, 7) is 13.9. The van der Waals surface area contributed by atoms with Crippen LogP contribution in [0, 0.1) is 16.7 Å². The smallest absolute Gasteiger partial charge is 0.454 e. The number of aliphatic hydroxyl groups is 2. The molecule has 2 heterocycles. The second-order valence-corrected chi connectivity index (χ2v) is 19.7. The van der Waals surface area contributed by atoms with Crippen LogP contribution in [0.25, 0.3) is 0 Å². The molecular weight excluding hydrogens is 652 g/mol. The number of ketones is 1. The van der Waals surface area contributed by atoms with Gasteiger partial charge >= 0.3 is 18.1 Å². The number of Topliss-reactive ketones (excluding diaryl/α,β-unsaturated/α-hetero) is 1. The predicted octanol–water partition coefficient (Wildman–Crippen LogP) is 4.26. The van der Waals surface area contributed by atoms with Gasteiger partial charge in [-0.15, -0.1) is 0 Å². The first-order chi connectivity index (χ1) is 23.0. The van der Waals surface area contributed by atoms with Gasteiger partial charge in [-0.3, -0.25) is 9.59 Å². The molecule has 0 aromatic heterocycles. The van der Waals surface area contributed by atoms with Crippen molar-refractivity contribution in [1.29, 1.82) is 0 Å². The quantitative estimate of drug-likeness (QED) is 0.172. The number of rotatable bonds is 8. The third kappa shape index (κ3) is 4.75. The highest BCUT2D eigenvalue weighted by atomic mass is 28.4. The zero-order chi connectivity index (χ0) is 35.9. The van der Waals surface area contributed by atoms with Crippen LogP contribution in [0.4, 0.5) is 4.79 Å². The highest BCUT2D eigenvalue weighted by molar-refractivity contribution is 6.73. The standard InChI is InChI=1S/C36H48O12Si/c1-9-49(10-2,11-3)48-22-17-23-35(18-43-23,46-20(5)37)27-30(44-31(41)21-15-13-12-14-16-21)36-29(45-32(42)47-36)25(38)19(4)24(33(36,6)7)26(39)28(40)34(22,27)8/h12-16,22-23,25-27,29-30,38-39H,9-11,17-18H2,1-8H3/t22-,23+,25-,26+,27-,29-,30-,34+,35-,36+/m0/s1. The summed E-state index contributed by atoms with van der Waals surface area (Å²) in [5.41, 5.74) is -6.20. The fourth-order valence-corrected chi connectivity index (χ4v) is 12.8. The molecule has 0 radical (unpaired) electrons. The van der Waals surface area contributed by atoms with Crippen molar-refractivity contribution >= 4 is 32.2 Å². The van der Waals surface area contributed by atoms with Gasteiger partial charge in [0.1, 0.15) is 18.3 Å². The van der Waals surface area contributed by atoms with Crippen molar-refractivity contribution < 1.29 is 57.5 Å². The lowest BCUT2D eigenvalue weighted by molar-refractivity contribution is -0.344. The molecule has 49 heavy (non-hydrogen) atoms. The third-order valence-corrected chi connectivity index (χ3v) is 17.4. The van der Waals surface area contributed by atoms with Gasteiger partial charge in [-0.1, -0.05) is 52.8 Å². The maximum Gasteiger partial charge on any atom is 0.509 e. The van der Waals surface area contributed by atoms with Crippen LogP contribution in [0.5, 0.6) is 0 Å². The van der Waals surface area contributed by atoms with Crippen LogP contribution in [0.1, 0.15) is 72.2 Å². The number of carbonyl (C=O) groups is 4. The van der Waals surface area contributed by atoms with E-state index in [0.29, 0.717) is 0 Å². The van der Waals surface area contributed by atoms with Gasteiger partial charge in [-0.2, -0.15) is 0 Å². The van der Waals surface area contributed by atoms with E-state index < -0.39 is 96.8 Å². The maximum absolute atomic E-state index is 15.3. The molecule has 12 nitrogen and oxygen atoms in total. The highest BCUT2D eigenvalue weighted by Gasteiger charge is 2.82. The Hall–Kier alpha value is -3.10. The molecule has 5 aliphatic rings. The van der Waals surface area contributed by atoms with Crippen molar-refractivity contribution in [1.82, 2.24) is 0 Å². The van der Waals surface area contributed by atoms with Gasteiger partial charge in [0.2, 0.25) is 5.60 Å². The number of benzene rings is 1. The number of carbonyl (C=O) groups excluding carboxylic acids is 4. The first-order valence-electron chi connectivity index (χ1n) is 17.3. The zero-order valence-electron chi connectivity index (χ0n) is 29.4. The van der Waals surface area contributed by atoms with E-state index in [-0.39, 0.29) is 29.7 Å². The first-order valence-corrected chi connectivity index (χ1v) is 19.8. The van der Waals surface area contributed by atoms with E-state index in [4.69, 9.17) is 28.1 Å². The summed E-state index contributed by atoms with van der Waals surface area (Å²) >= 11 is 0. The SMILES string of the molecule is CC[Si](CC)(CC)O[C@H]1C[C@H]2OC[C@@]2(OC(C)=O)[C@H]2[C@H](OC(=O)c3ccccc3)[C@]34OC(=O)O[C@H]3[C@@H](O)C(C)=C([C@@H](O)C(=O)[C@]12C)C4(C)C. The van der Waals surface area contributed by atoms with Crippen molar-refractivity contribution in [3.8, 4) is 0 Å². The molecule has 13 heteroatoms. The molecule has 2 saturated heterocycles. The van der Waals surface area contributed by atoms with Crippen molar-refractivity contribution in [3.05, 3.63) is 47.0 Å². The molecule has 6 rings (SSSR count). The van der Waals surface area contributed by atoms with E-state index >= 15 is 4.79 Å². The molecule has 2 aliphatic heterocycles. The molecule has 1 aromatic rings. The number of hydrogen-bond acceptors (Lipinski definition) is 12. The van der Waals surface area contributed by atoms with E-state index in [2.05, 4.69) is 20.8 Å². The topological polar surface area (TPSA) is 164 Å². The fraction of sp³-hybridized carbons (Fsp3) is 0.667. The summed E-state index contributed by atoms with van der Waals surface area (Å²) in [6.07, 6.45) is -8.96. The lowest BCUT2D eigenvalue weighted by Gasteiger charge is -2.68. The Morgan fingerprint density at radius 2 is 1.65 bits per heavy atom. The molecule has 4 fully saturated rings. The first kappa shape index (κ1) is 35.7. The Kier molecular flexibility index (Phi) is 8.75. The molecule has 2 N–H and O–H groups in total. The molecule has 10 atom stereocenters. The highest BCUT2D eigenvalue weighted by Crippen LogP contribution is 2.67. The molecule has 268 valence electrons. The number of aliphatic hydroxyl groups excluding tert-OH is 2. The number of hydrogen-bond donors (Lipinski definition) is 2. The van der Waals surface area contributed by atoms with Crippen molar-refractivity contribution in [2.75, 3.05) is 6.61 Å². The third-order valence-electron chi connectivity index (χ3n) is 12.7. The summed E-state index contributed by atoms with van der Waals surface area (Å²) < 4.78 is 38.0. The summed E-state index contributed by atoms with van der Waals surface area (Å²) in [6, 6.07) is 10.5. The van der Waals surface area contributed by atoms with Gasteiger partial charge < -0.3 is 38.3 Å². The monoisotopic (exact) mass is 700 g/mol. The molecule has 2 saturated carbocycles. The summed E-state index contributed by atoms with van der Waals surface area (Å²) in [5, 5.41) is 24.1. The van der Waals surface area contributed by atoms with Gasteiger partial charge in [0.15, 0.2) is 31.9 Å². The molecule has 3 aliphatic carbocycles. The number of fused-ring (bicyclic) bond motifs is 4. The van der Waals surface area contributed by atoms with E-state index in [1.807, 2.05) is 0 Å². The Balaban J connectivity index is 1.71. The van der Waals surface area contributed by atoms with Crippen LogP contribution in [-0.4, -0.2) is 96.8 Å². The van der Waals surface area contributed by atoms with E-state index in [0.717, 1.165) is 18.1 Å².